The van der Waals surface area contributed by atoms with Crippen LogP contribution in [0.5, 0.6) is 0 Å². The van der Waals surface area contributed by atoms with Gasteiger partial charge in [0.05, 0.1) is 0 Å². The van der Waals surface area contributed by atoms with Crippen LogP contribution in [-0.4, -0.2) is 17.0 Å². The van der Waals surface area contributed by atoms with E-state index in [1.165, 1.54) is 10.5 Å². The maximum atomic E-state index is 4.36. The van der Waals surface area contributed by atoms with Crippen LogP contribution < -0.4 is 5.32 Å². The van der Waals surface area contributed by atoms with Gasteiger partial charge >= 0.3 is 0 Å². The Balaban J connectivity index is 2.20. The zero-order valence-electron chi connectivity index (χ0n) is 9.27. The molecule has 0 fully saturated rings. The Morgan fingerprint density at radius 3 is 2.88 bits per heavy atom. The highest BCUT2D eigenvalue weighted by molar-refractivity contribution is 7.99. The lowest BCUT2D eigenvalue weighted by atomic mass is 10.2. The van der Waals surface area contributed by atoms with Crippen LogP contribution in [-0.2, 0) is 0 Å². The summed E-state index contributed by atoms with van der Waals surface area (Å²) in [4.78, 5) is 9.63. The number of anilines is 1. The molecule has 0 saturated heterocycles. The second-order valence-electron chi connectivity index (χ2n) is 3.39. The van der Waals surface area contributed by atoms with Crippen LogP contribution in [0.25, 0.3) is 0 Å². The van der Waals surface area contributed by atoms with Gasteiger partial charge in [-0.3, -0.25) is 0 Å². The lowest BCUT2D eigenvalue weighted by Gasteiger charge is -2.03. The largest absolute Gasteiger partial charge is 0.357 e. The number of benzene rings is 1. The zero-order chi connectivity index (χ0) is 11.4. The summed E-state index contributed by atoms with van der Waals surface area (Å²) in [5.41, 5.74) is 1.26. The molecule has 3 nitrogen and oxygen atoms in total. The molecule has 82 valence electrons. The normalized spacial score (nSPS) is 10.1. The van der Waals surface area contributed by atoms with E-state index in [4.69, 9.17) is 0 Å². The zero-order valence-corrected chi connectivity index (χ0v) is 10.1. The van der Waals surface area contributed by atoms with E-state index >= 15 is 0 Å². The van der Waals surface area contributed by atoms with Crippen LogP contribution in [0.2, 0.25) is 0 Å². The van der Waals surface area contributed by atoms with Gasteiger partial charge in [0.1, 0.15) is 5.03 Å². The fourth-order valence-corrected chi connectivity index (χ4v) is 2.21. The number of nitrogens with zero attached hydrogens (tertiary/aromatic N) is 2. The minimum absolute atomic E-state index is 0.651. The molecule has 0 bridgehead atoms. The second kappa shape index (κ2) is 4.99. The molecule has 2 rings (SSSR count). The topological polar surface area (TPSA) is 37.8 Å². The molecule has 1 N–H and O–H groups in total. The number of hydrogen-bond donors (Lipinski definition) is 1. The van der Waals surface area contributed by atoms with E-state index in [9.17, 15) is 0 Å². The average molecular weight is 231 g/mol. The smallest absolute Gasteiger partial charge is 0.223 e. The van der Waals surface area contributed by atoms with Gasteiger partial charge in [0, 0.05) is 18.1 Å². The van der Waals surface area contributed by atoms with Crippen molar-refractivity contribution < 1.29 is 0 Å². The van der Waals surface area contributed by atoms with Gasteiger partial charge < -0.3 is 5.32 Å². The van der Waals surface area contributed by atoms with E-state index in [-0.39, 0.29) is 0 Å². The quantitative estimate of drug-likeness (QED) is 0.824. The SMILES string of the molecule is CNc1nccc(Sc2cccc(C)c2)n1. The minimum atomic E-state index is 0.651. The van der Waals surface area contributed by atoms with Crippen LogP contribution in [0.3, 0.4) is 0 Å². The van der Waals surface area contributed by atoms with Crippen LogP contribution in [0.4, 0.5) is 5.95 Å². The maximum absolute atomic E-state index is 4.36. The van der Waals surface area contributed by atoms with E-state index in [2.05, 4.69) is 46.5 Å². The number of hydrogen-bond acceptors (Lipinski definition) is 4. The summed E-state index contributed by atoms with van der Waals surface area (Å²) in [6.07, 6.45) is 1.76. The highest BCUT2D eigenvalue weighted by atomic mass is 32.2. The van der Waals surface area contributed by atoms with Gasteiger partial charge in [0.25, 0.3) is 0 Å². The lowest BCUT2D eigenvalue weighted by molar-refractivity contribution is 1.04. The molecule has 4 heteroatoms. The van der Waals surface area contributed by atoms with E-state index in [1.807, 2.05) is 13.1 Å². The van der Waals surface area contributed by atoms with Crippen LogP contribution >= 0.6 is 11.8 Å². The van der Waals surface area contributed by atoms with Crippen molar-refractivity contribution in [3.8, 4) is 0 Å². The molecule has 0 spiro atoms. The fraction of sp³-hybridized carbons (Fsp3) is 0.167. The van der Waals surface area contributed by atoms with E-state index in [0.717, 1.165) is 5.03 Å². The monoisotopic (exact) mass is 231 g/mol. The van der Waals surface area contributed by atoms with Gasteiger partial charge in [-0.1, -0.05) is 29.5 Å². The molecule has 16 heavy (non-hydrogen) atoms. The summed E-state index contributed by atoms with van der Waals surface area (Å²) in [6.45, 7) is 2.09. The van der Waals surface area contributed by atoms with Crippen molar-refractivity contribution in [1.82, 2.24) is 9.97 Å². The van der Waals surface area contributed by atoms with E-state index < -0.39 is 0 Å². The van der Waals surface area contributed by atoms with E-state index in [1.54, 1.807) is 18.0 Å². The summed E-state index contributed by atoms with van der Waals surface area (Å²) in [5, 5.41) is 3.88. The highest BCUT2D eigenvalue weighted by Crippen LogP contribution is 2.26. The van der Waals surface area contributed by atoms with Crippen molar-refractivity contribution in [2.24, 2.45) is 0 Å². The molecule has 1 aromatic heterocycles. The first-order chi connectivity index (χ1) is 7.78. The Kier molecular flexibility index (Phi) is 3.41. The Morgan fingerprint density at radius 2 is 2.12 bits per heavy atom. The van der Waals surface area contributed by atoms with Gasteiger partial charge in [-0.15, -0.1) is 0 Å². The van der Waals surface area contributed by atoms with Crippen molar-refractivity contribution in [2.75, 3.05) is 12.4 Å². The minimum Gasteiger partial charge on any atom is -0.357 e. The number of aryl methyl sites for hydroxylation is 1. The Labute approximate surface area is 99.3 Å². The first-order valence-corrected chi connectivity index (χ1v) is 5.85. The second-order valence-corrected chi connectivity index (χ2v) is 4.48. The number of nitrogens with one attached hydrogen (secondary N) is 1. The third kappa shape index (κ3) is 2.73. The Morgan fingerprint density at radius 1 is 1.25 bits per heavy atom. The van der Waals surface area contributed by atoms with E-state index in [0.29, 0.717) is 5.95 Å². The predicted octanol–water partition coefficient (Wildman–Crippen LogP) is 2.98. The van der Waals surface area contributed by atoms with Gasteiger partial charge in [-0.05, 0) is 25.1 Å². The molecular formula is C12H13N3S. The molecule has 0 radical (unpaired) electrons. The van der Waals surface area contributed by atoms with Gasteiger partial charge in [-0.2, -0.15) is 0 Å². The molecule has 0 amide bonds. The number of aromatic nitrogens is 2. The highest BCUT2D eigenvalue weighted by Gasteiger charge is 2.00. The summed E-state index contributed by atoms with van der Waals surface area (Å²) < 4.78 is 0. The van der Waals surface area contributed by atoms with Crippen LogP contribution in [0.15, 0.2) is 46.5 Å². The third-order valence-electron chi connectivity index (χ3n) is 2.07. The van der Waals surface area contributed by atoms with Gasteiger partial charge in [-0.25, -0.2) is 9.97 Å². The molecule has 1 heterocycles. The molecule has 0 aliphatic rings. The lowest BCUT2D eigenvalue weighted by Crippen LogP contribution is -1.95. The first kappa shape index (κ1) is 11.0. The Hall–Kier alpha value is -1.55. The molecule has 0 unspecified atom stereocenters. The predicted molar refractivity (Wildman–Crippen MR) is 66.9 cm³/mol. The average Bonchev–Trinajstić information content (AvgIpc) is 2.29. The van der Waals surface area contributed by atoms with Crippen molar-refractivity contribution in [3.63, 3.8) is 0 Å². The van der Waals surface area contributed by atoms with Gasteiger partial charge in [0.15, 0.2) is 0 Å². The summed E-state index contributed by atoms with van der Waals surface area (Å²) in [5.74, 6) is 0.651. The third-order valence-corrected chi connectivity index (χ3v) is 2.99. The van der Waals surface area contributed by atoms with Crippen LogP contribution in [0.1, 0.15) is 5.56 Å². The summed E-state index contributed by atoms with van der Waals surface area (Å²) in [6, 6.07) is 10.3. The van der Waals surface area contributed by atoms with Gasteiger partial charge in [0.2, 0.25) is 5.95 Å². The van der Waals surface area contributed by atoms with Crippen molar-refractivity contribution in [1.29, 1.82) is 0 Å². The fourth-order valence-electron chi connectivity index (χ4n) is 1.32. The number of rotatable bonds is 3. The standard InChI is InChI=1S/C12H13N3S/c1-9-4-3-5-10(8-9)16-11-6-7-14-12(13-2)15-11/h3-8H,1-2H3,(H,13,14,15). The molecular weight excluding hydrogens is 218 g/mol. The molecule has 0 saturated carbocycles. The van der Waals surface area contributed by atoms with Crippen molar-refractivity contribution >= 4 is 17.7 Å². The molecule has 1 aromatic carbocycles. The molecule has 0 aliphatic carbocycles. The molecule has 2 aromatic rings. The van der Waals surface area contributed by atoms with Crippen molar-refractivity contribution in [3.05, 3.63) is 42.1 Å². The van der Waals surface area contributed by atoms with Crippen molar-refractivity contribution in [2.45, 2.75) is 16.8 Å². The first-order valence-electron chi connectivity index (χ1n) is 5.03. The summed E-state index contributed by atoms with van der Waals surface area (Å²) >= 11 is 1.64. The Bertz CT molecular complexity index is 485. The maximum Gasteiger partial charge on any atom is 0.223 e. The summed E-state index contributed by atoms with van der Waals surface area (Å²) in [7, 11) is 1.82. The van der Waals surface area contributed by atoms with Crippen LogP contribution in [0, 0.1) is 6.92 Å². The molecule has 0 atom stereocenters. The molecule has 0 aliphatic heterocycles.